The summed E-state index contributed by atoms with van der Waals surface area (Å²) in [6.45, 7) is 1.51. The fourth-order valence-electron chi connectivity index (χ4n) is 1.20. The number of rotatable bonds is 4. The first-order chi connectivity index (χ1) is 6.61. The molecule has 0 amide bonds. The molecular weight excluding hydrogens is 180 g/mol. The van der Waals surface area contributed by atoms with E-state index in [0.29, 0.717) is 6.42 Å². The minimum Gasteiger partial charge on any atom is -0.481 e. The standard InChI is InChI=1S/C11H14O3/c1-8(11(13)14)10(12)7-9-5-3-2-4-6-9/h2-6,8,10,12H,7H2,1H3,(H,13,14). The molecule has 0 fully saturated rings. The van der Waals surface area contributed by atoms with Gasteiger partial charge in [-0.05, 0) is 18.9 Å². The summed E-state index contributed by atoms with van der Waals surface area (Å²) in [6, 6.07) is 9.37. The van der Waals surface area contributed by atoms with Gasteiger partial charge in [0.25, 0.3) is 0 Å². The Labute approximate surface area is 83.0 Å². The number of aliphatic hydroxyl groups excluding tert-OH is 1. The third kappa shape index (κ3) is 2.85. The molecule has 3 heteroatoms. The number of carboxylic acid groups (broad SMARTS) is 1. The first kappa shape index (κ1) is 10.7. The molecule has 2 atom stereocenters. The highest BCUT2D eigenvalue weighted by Crippen LogP contribution is 2.10. The summed E-state index contributed by atoms with van der Waals surface area (Å²) in [4.78, 5) is 10.6. The van der Waals surface area contributed by atoms with Crippen molar-refractivity contribution in [2.24, 2.45) is 5.92 Å². The van der Waals surface area contributed by atoms with E-state index in [-0.39, 0.29) is 0 Å². The van der Waals surface area contributed by atoms with E-state index in [2.05, 4.69) is 0 Å². The molecule has 2 N–H and O–H groups in total. The Kier molecular flexibility index (Phi) is 3.65. The first-order valence-electron chi connectivity index (χ1n) is 4.56. The smallest absolute Gasteiger partial charge is 0.308 e. The van der Waals surface area contributed by atoms with Crippen molar-refractivity contribution in [2.75, 3.05) is 0 Å². The van der Waals surface area contributed by atoms with Gasteiger partial charge in [-0.25, -0.2) is 0 Å². The summed E-state index contributed by atoms with van der Waals surface area (Å²) >= 11 is 0. The van der Waals surface area contributed by atoms with Crippen LogP contribution in [0.1, 0.15) is 12.5 Å². The zero-order chi connectivity index (χ0) is 10.6. The quantitative estimate of drug-likeness (QED) is 0.759. The second-order valence-electron chi connectivity index (χ2n) is 3.38. The highest BCUT2D eigenvalue weighted by Gasteiger charge is 2.20. The second kappa shape index (κ2) is 4.77. The minimum absolute atomic E-state index is 0.383. The number of hydrogen-bond donors (Lipinski definition) is 2. The van der Waals surface area contributed by atoms with Crippen LogP contribution in [0.15, 0.2) is 30.3 Å². The van der Waals surface area contributed by atoms with Gasteiger partial charge in [0.2, 0.25) is 0 Å². The third-order valence-corrected chi connectivity index (χ3v) is 2.25. The molecule has 0 spiro atoms. The fourth-order valence-corrected chi connectivity index (χ4v) is 1.20. The van der Waals surface area contributed by atoms with E-state index in [0.717, 1.165) is 5.56 Å². The van der Waals surface area contributed by atoms with Crippen molar-refractivity contribution >= 4 is 5.97 Å². The van der Waals surface area contributed by atoms with Crippen LogP contribution in [0.5, 0.6) is 0 Å². The molecule has 0 aliphatic heterocycles. The van der Waals surface area contributed by atoms with Gasteiger partial charge in [0.1, 0.15) is 0 Å². The molecule has 1 aromatic rings. The van der Waals surface area contributed by atoms with Crippen molar-refractivity contribution in [3.8, 4) is 0 Å². The number of aliphatic carboxylic acids is 1. The van der Waals surface area contributed by atoms with Crippen molar-refractivity contribution in [3.05, 3.63) is 35.9 Å². The Hall–Kier alpha value is -1.35. The zero-order valence-corrected chi connectivity index (χ0v) is 8.05. The molecule has 76 valence electrons. The van der Waals surface area contributed by atoms with Crippen LogP contribution in [-0.2, 0) is 11.2 Å². The molecule has 0 bridgehead atoms. The number of hydrogen-bond acceptors (Lipinski definition) is 2. The summed E-state index contributed by atoms with van der Waals surface area (Å²) in [7, 11) is 0. The maximum atomic E-state index is 10.6. The van der Waals surface area contributed by atoms with Crippen molar-refractivity contribution in [2.45, 2.75) is 19.4 Å². The monoisotopic (exact) mass is 194 g/mol. The lowest BCUT2D eigenvalue weighted by Gasteiger charge is -2.14. The average Bonchev–Trinajstić information content (AvgIpc) is 2.18. The van der Waals surface area contributed by atoms with Crippen LogP contribution in [0.4, 0.5) is 0 Å². The number of benzene rings is 1. The normalized spacial score (nSPS) is 14.7. The van der Waals surface area contributed by atoms with E-state index >= 15 is 0 Å². The van der Waals surface area contributed by atoms with Gasteiger partial charge in [0.05, 0.1) is 12.0 Å². The molecule has 1 rings (SSSR count). The average molecular weight is 194 g/mol. The Balaban J connectivity index is 2.57. The topological polar surface area (TPSA) is 57.5 Å². The van der Waals surface area contributed by atoms with E-state index in [1.54, 1.807) is 0 Å². The Morgan fingerprint density at radius 1 is 1.36 bits per heavy atom. The highest BCUT2D eigenvalue weighted by atomic mass is 16.4. The SMILES string of the molecule is CC(C(=O)O)C(O)Cc1ccccc1. The number of carboxylic acids is 1. The molecule has 2 unspecified atom stereocenters. The predicted molar refractivity (Wildman–Crippen MR) is 53.0 cm³/mol. The molecule has 0 saturated carbocycles. The van der Waals surface area contributed by atoms with Crippen molar-refractivity contribution in [1.82, 2.24) is 0 Å². The van der Waals surface area contributed by atoms with Gasteiger partial charge in [-0.1, -0.05) is 30.3 Å². The molecule has 0 heterocycles. The fraction of sp³-hybridized carbons (Fsp3) is 0.364. The van der Waals surface area contributed by atoms with Gasteiger partial charge < -0.3 is 10.2 Å². The van der Waals surface area contributed by atoms with Crippen LogP contribution in [0.25, 0.3) is 0 Å². The Morgan fingerprint density at radius 3 is 2.43 bits per heavy atom. The van der Waals surface area contributed by atoms with Crippen LogP contribution in [0.3, 0.4) is 0 Å². The van der Waals surface area contributed by atoms with Gasteiger partial charge in [-0.2, -0.15) is 0 Å². The summed E-state index contributed by atoms with van der Waals surface area (Å²) in [5, 5.41) is 18.2. The highest BCUT2D eigenvalue weighted by molar-refractivity contribution is 5.70. The maximum absolute atomic E-state index is 10.6. The summed E-state index contributed by atoms with van der Waals surface area (Å²) in [5.74, 6) is -1.69. The molecular formula is C11H14O3. The third-order valence-electron chi connectivity index (χ3n) is 2.25. The van der Waals surface area contributed by atoms with Gasteiger partial charge >= 0.3 is 5.97 Å². The van der Waals surface area contributed by atoms with Crippen LogP contribution in [0.2, 0.25) is 0 Å². The summed E-state index contributed by atoms with van der Waals surface area (Å²) in [6.07, 6.45) is -0.441. The van der Waals surface area contributed by atoms with E-state index in [1.165, 1.54) is 6.92 Å². The van der Waals surface area contributed by atoms with E-state index in [9.17, 15) is 9.90 Å². The predicted octanol–water partition coefficient (Wildman–Crippen LogP) is 1.31. The van der Waals surface area contributed by atoms with Gasteiger partial charge in [-0.3, -0.25) is 4.79 Å². The van der Waals surface area contributed by atoms with Gasteiger partial charge in [0.15, 0.2) is 0 Å². The van der Waals surface area contributed by atoms with Crippen LogP contribution in [-0.4, -0.2) is 22.3 Å². The zero-order valence-electron chi connectivity index (χ0n) is 8.05. The molecule has 1 aromatic carbocycles. The second-order valence-corrected chi connectivity index (χ2v) is 3.38. The molecule has 14 heavy (non-hydrogen) atoms. The molecule has 3 nitrogen and oxygen atoms in total. The van der Waals surface area contributed by atoms with E-state index in [1.807, 2.05) is 30.3 Å². The van der Waals surface area contributed by atoms with E-state index in [4.69, 9.17) is 5.11 Å². The molecule has 0 radical (unpaired) electrons. The Morgan fingerprint density at radius 2 is 1.93 bits per heavy atom. The maximum Gasteiger partial charge on any atom is 0.308 e. The lowest BCUT2D eigenvalue weighted by atomic mass is 9.98. The van der Waals surface area contributed by atoms with Crippen LogP contribution < -0.4 is 0 Å². The van der Waals surface area contributed by atoms with Gasteiger partial charge in [-0.15, -0.1) is 0 Å². The molecule has 0 aliphatic rings. The lowest BCUT2D eigenvalue weighted by Crippen LogP contribution is -2.27. The first-order valence-corrected chi connectivity index (χ1v) is 4.56. The largest absolute Gasteiger partial charge is 0.481 e. The molecule has 0 aromatic heterocycles. The van der Waals surface area contributed by atoms with Gasteiger partial charge in [0, 0.05) is 0 Å². The van der Waals surface area contributed by atoms with Crippen molar-refractivity contribution in [1.29, 1.82) is 0 Å². The lowest BCUT2D eigenvalue weighted by molar-refractivity contribution is -0.144. The van der Waals surface area contributed by atoms with Crippen LogP contribution >= 0.6 is 0 Å². The molecule has 0 saturated heterocycles. The van der Waals surface area contributed by atoms with E-state index < -0.39 is 18.0 Å². The Bertz CT molecular complexity index is 295. The summed E-state index contributed by atoms with van der Waals surface area (Å²) in [5.41, 5.74) is 0.952. The van der Waals surface area contributed by atoms with Crippen LogP contribution in [0, 0.1) is 5.92 Å². The molecule has 0 aliphatic carbocycles. The number of aliphatic hydroxyl groups is 1. The number of carbonyl (C=O) groups is 1. The van der Waals surface area contributed by atoms with Crippen molar-refractivity contribution < 1.29 is 15.0 Å². The minimum atomic E-state index is -0.964. The summed E-state index contributed by atoms with van der Waals surface area (Å²) < 4.78 is 0. The van der Waals surface area contributed by atoms with Crippen molar-refractivity contribution in [3.63, 3.8) is 0 Å².